The fourth-order valence-electron chi connectivity index (χ4n) is 3.24. The molecule has 2 fully saturated rings. The second-order valence-corrected chi connectivity index (χ2v) is 5.00. The van der Waals surface area contributed by atoms with Gasteiger partial charge in [0, 0.05) is 18.6 Å². The number of hydrogen-bond donors (Lipinski definition) is 1. The van der Waals surface area contributed by atoms with Gasteiger partial charge >= 0.3 is 0 Å². The monoisotopic (exact) mass is 212 g/mol. The molecule has 1 aliphatic heterocycles. The van der Waals surface area contributed by atoms with E-state index in [4.69, 9.17) is 10.5 Å². The van der Waals surface area contributed by atoms with Gasteiger partial charge in [-0.3, -0.25) is 4.90 Å². The molecule has 3 nitrogen and oxygen atoms in total. The number of hydrogen-bond acceptors (Lipinski definition) is 3. The molecule has 2 aliphatic rings. The molecule has 0 aromatic carbocycles. The van der Waals surface area contributed by atoms with Gasteiger partial charge in [-0.15, -0.1) is 0 Å². The minimum atomic E-state index is 0.599. The number of rotatable bonds is 3. The van der Waals surface area contributed by atoms with Crippen LogP contribution in [0.25, 0.3) is 0 Å². The first-order valence-corrected chi connectivity index (χ1v) is 6.36. The third kappa shape index (κ3) is 2.52. The topological polar surface area (TPSA) is 38.5 Å². The zero-order valence-electron chi connectivity index (χ0n) is 9.82. The summed E-state index contributed by atoms with van der Waals surface area (Å²) in [4.78, 5) is 2.66. The fraction of sp³-hybridized carbons (Fsp3) is 1.00. The highest BCUT2D eigenvalue weighted by Gasteiger charge is 2.34. The van der Waals surface area contributed by atoms with Crippen LogP contribution in [0.5, 0.6) is 0 Å². The van der Waals surface area contributed by atoms with Gasteiger partial charge in [0.2, 0.25) is 0 Å². The standard InChI is InChI=1S/C12H24N2O/c1-10-9-15-8-7-14(10)12-4-2-3-11(12)5-6-13/h10-12H,2-9,13H2,1H3. The summed E-state index contributed by atoms with van der Waals surface area (Å²) >= 11 is 0. The second-order valence-electron chi connectivity index (χ2n) is 5.00. The molecule has 2 N–H and O–H groups in total. The minimum absolute atomic E-state index is 0.599. The Morgan fingerprint density at radius 2 is 2.27 bits per heavy atom. The predicted octanol–water partition coefficient (Wildman–Crippen LogP) is 1.22. The van der Waals surface area contributed by atoms with Gasteiger partial charge in [-0.1, -0.05) is 6.42 Å². The molecular formula is C12H24N2O. The molecule has 88 valence electrons. The van der Waals surface area contributed by atoms with Crippen LogP contribution in [0, 0.1) is 5.92 Å². The molecular weight excluding hydrogens is 188 g/mol. The number of nitrogens with two attached hydrogens (primary N) is 1. The van der Waals surface area contributed by atoms with Crippen LogP contribution < -0.4 is 5.73 Å². The van der Waals surface area contributed by atoms with E-state index in [2.05, 4.69) is 11.8 Å². The van der Waals surface area contributed by atoms with Crippen molar-refractivity contribution in [2.24, 2.45) is 11.7 Å². The van der Waals surface area contributed by atoms with Crippen molar-refractivity contribution in [3.63, 3.8) is 0 Å². The Hall–Kier alpha value is -0.120. The first-order valence-electron chi connectivity index (χ1n) is 6.36. The summed E-state index contributed by atoms with van der Waals surface area (Å²) in [6.07, 6.45) is 5.34. The molecule has 3 atom stereocenters. The van der Waals surface area contributed by atoms with Crippen LogP contribution in [-0.4, -0.2) is 43.3 Å². The summed E-state index contributed by atoms with van der Waals surface area (Å²) in [5, 5.41) is 0. The molecule has 2 rings (SSSR count). The van der Waals surface area contributed by atoms with Crippen LogP contribution in [0.3, 0.4) is 0 Å². The molecule has 0 spiro atoms. The maximum Gasteiger partial charge on any atom is 0.0619 e. The van der Waals surface area contributed by atoms with Crippen LogP contribution in [-0.2, 0) is 4.74 Å². The Balaban J connectivity index is 1.94. The predicted molar refractivity (Wildman–Crippen MR) is 61.8 cm³/mol. The van der Waals surface area contributed by atoms with Crippen LogP contribution in [0.4, 0.5) is 0 Å². The number of nitrogens with zero attached hydrogens (tertiary/aromatic N) is 1. The van der Waals surface area contributed by atoms with Crippen LogP contribution in [0.15, 0.2) is 0 Å². The molecule has 0 bridgehead atoms. The van der Waals surface area contributed by atoms with Gasteiger partial charge in [0.25, 0.3) is 0 Å². The Bertz CT molecular complexity index is 198. The third-order valence-electron chi connectivity index (χ3n) is 4.00. The molecule has 1 saturated carbocycles. The lowest BCUT2D eigenvalue weighted by molar-refractivity contribution is -0.0301. The lowest BCUT2D eigenvalue weighted by Crippen LogP contribution is -2.50. The third-order valence-corrected chi connectivity index (χ3v) is 4.00. The van der Waals surface area contributed by atoms with Crippen molar-refractivity contribution in [2.75, 3.05) is 26.3 Å². The van der Waals surface area contributed by atoms with E-state index in [-0.39, 0.29) is 0 Å². The average Bonchev–Trinajstić information content (AvgIpc) is 2.67. The summed E-state index contributed by atoms with van der Waals surface area (Å²) in [6, 6.07) is 1.38. The minimum Gasteiger partial charge on any atom is -0.379 e. The second kappa shape index (κ2) is 5.28. The zero-order chi connectivity index (χ0) is 10.7. The summed E-state index contributed by atoms with van der Waals surface area (Å²) in [6.45, 7) is 6.08. The van der Waals surface area contributed by atoms with E-state index >= 15 is 0 Å². The largest absolute Gasteiger partial charge is 0.379 e. The van der Waals surface area contributed by atoms with Crippen molar-refractivity contribution in [3.8, 4) is 0 Å². The van der Waals surface area contributed by atoms with Crippen molar-refractivity contribution in [1.29, 1.82) is 0 Å². The molecule has 0 amide bonds. The van der Waals surface area contributed by atoms with Gasteiger partial charge in [0.1, 0.15) is 0 Å². The summed E-state index contributed by atoms with van der Waals surface area (Å²) in [5.74, 6) is 0.843. The Morgan fingerprint density at radius 3 is 3.00 bits per heavy atom. The lowest BCUT2D eigenvalue weighted by Gasteiger charge is -2.40. The maximum atomic E-state index is 5.69. The number of morpholine rings is 1. The van der Waals surface area contributed by atoms with E-state index in [0.29, 0.717) is 6.04 Å². The van der Waals surface area contributed by atoms with E-state index in [0.717, 1.165) is 38.3 Å². The molecule has 1 heterocycles. The van der Waals surface area contributed by atoms with Crippen molar-refractivity contribution in [1.82, 2.24) is 4.90 Å². The highest BCUT2D eigenvalue weighted by atomic mass is 16.5. The van der Waals surface area contributed by atoms with E-state index in [9.17, 15) is 0 Å². The normalized spacial score (nSPS) is 38.4. The fourth-order valence-corrected chi connectivity index (χ4v) is 3.24. The molecule has 0 aromatic heterocycles. The summed E-state index contributed by atoms with van der Waals surface area (Å²) in [5.41, 5.74) is 5.69. The van der Waals surface area contributed by atoms with Crippen LogP contribution >= 0.6 is 0 Å². The van der Waals surface area contributed by atoms with E-state index in [1.807, 2.05) is 0 Å². The molecule has 15 heavy (non-hydrogen) atoms. The van der Waals surface area contributed by atoms with Crippen molar-refractivity contribution >= 4 is 0 Å². The molecule has 3 unspecified atom stereocenters. The Kier molecular flexibility index (Phi) is 4.00. The highest BCUT2D eigenvalue weighted by molar-refractivity contribution is 4.88. The van der Waals surface area contributed by atoms with Gasteiger partial charge in [-0.05, 0) is 38.6 Å². The van der Waals surface area contributed by atoms with Gasteiger partial charge in [0.05, 0.1) is 13.2 Å². The highest BCUT2D eigenvalue weighted by Crippen LogP contribution is 2.33. The number of ether oxygens (including phenoxy) is 1. The first kappa shape index (κ1) is 11.4. The van der Waals surface area contributed by atoms with Crippen molar-refractivity contribution in [3.05, 3.63) is 0 Å². The van der Waals surface area contributed by atoms with Crippen LogP contribution in [0.1, 0.15) is 32.6 Å². The van der Waals surface area contributed by atoms with Gasteiger partial charge in [-0.2, -0.15) is 0 Å². The summed E-state index contributed by atoms with van der Waals surface area (Å²) < 4.78 is 5.50. The Labute approximate surface area is 93.0 Å². The van der Waals surface area contributed by atoms with E-state index in [1.54, 1.807) is 0 Å². The van der Waals surface area contributed by atoms with E-state index in [1.165, 1.54) is 25.7 Å². The first-order chi connectivity index (χ1) is 7.33. The molecule has 1 aliphatic carbocycles. The zero-order valence-corrected chi connectivity index (χ0v) is 9.82. The van der Waals surface area contributed by atoms with Gasteiger partial charge in [0.15, 0.2) is 0 Å². The SMILES string of the molecule is CC1COCCN1C1CCCC1CCN. The molecule has 1 saturated heterocycles. The van der Waals surface area contributed by atoms with Crippen molar-refractivity contribution in [2.45, 2.75) is 44.7 Å². The van der Waals surface area contributed by atoms with Gasteiger partial charge in [-0.25, -0.2) is 0 Å². The Morgan fingerprint density at radius 1 is 1.40 bits per heavy atom. The maximum absolute atomic E-state index is 5.69. The van der Waals surface area contributed by atoms with Crippen molar-refractivity contribution < 1.29 is 4.74 Å². The van der Waals surface area contributed by atoms with E-state index < -0.39 is 0 Å². The quantitative estimate of drug-likeness (QED) is 0.764. The molecule has 3 heteroatoms. The lowest BCUT2D eigenvalue weighted by atomic mass is 9.97. The van der Waals surface area contributed by atoms with Crippen LogP contribution in [0.2, 0.25) is 0 Å². The molecule has 0 radical (unpaired) electrons. The smallest absolute Gasteiger partial charge is 0.0619 e. The summed E-state index contributed by atoms with van der Waals surface area (Å²) in [7, 11) is 0. The van der Waals surface area contributed by atoms with Gasteiger partial charge < -0.3 is 10.5 Å². The molecule has 0 aromatic rings. The average molecular weight is 212 g/mol.